The van der Waals surface area contributed by atoms with E-state index in [1.807, 2.05) is 54.6 Å². The fourth-order valence-electron chi connectivity index (χ4n) is 4.69. The standard InChI is InChI=1S/C27H30N2O5S/c1-34-25-13-9-22(10-14-25)21-7-11-24(12-8-21)29(35(32)33)26(27(30)31)23-15-17-28(18-16-23)19-20-5-3-2-4-6-20/h2-14,23,26H,15-19H2,1H3,(H,30,31)(H,32,33). The van der Waals surface area contributed by atoms with Gasteiger partial charge in [-0.3, -0.25) is 13.8 Å². The van der Waals surface area contributed by atoms with Crippen LogP contribution in [0.4, 0.5) is 5.69 Å². The molecule has 7 nitrogen and oxygen atoms in total. The van der Waals surface area contributed by atoms with Crippen LogP contribution in [0.2, 0.25) is 0 Å². The van der Waals surface area contributed by atoms with Crippen molar-refractivity contribution >= 4 is 22.9 Å². The van der Waals surface area contributed by atoms with E-state index in [9.17, 15) is 18.7 Å². The minimum Gasteiger partial charge on any atom is -0.497 e. The van der Waals surface area contributed by atoms with Gasteiger partial charge in [0.1, 0.15) is 11.8 Å². The SMILES string of the molecule is COc1ccc(-c2ccc(N(C(C(=O)O)C3CCN(Cc4ccccc4)CC3)S(=O)O)cc2)cc1. The average molecular weight is 495 g/mol. The second-order valence-corrected chi connectivity index (χ2v) is 9.57. The molecule has 1 aliphatic rings. The van der Waals surface area contributed by atoms with Crippen LogP contribution in [-0.2, 0) is 22.6 Å². The van der Waals surface area contributed by atoms with Gasteiger partial charge in [-0.15, -0.1) is 0 Å². The van der Waals surface area contributed by atoms with Crippen molar-refractivity contribution in [1.82, 2.24) is 4.90 Å². The number of nitrogens with zero attached hydrogens (tertiary/aromatic N) is 2. The van der Waals surface area contributed by atoms with Gasteiger partial charge in [0.2, 0.25) is 0 Å². The number of methoxy groups -OCH3 is 1. The van der Waals surface area contributed by atoms with E-state index in [-0.39, 0.29) is 5.92 Å². The average Bonchev–Trinajstić information content (AvgIpc) is 2.88. The lowest BCUT2D eigenvalue weighted by Gasteiger charge is -2.38. The van der Waals surface area contributed by atoms with Gasteiger partial charge in [-0.05, 0) is 72.8 Å². The van der Waals surface area contributed by atoms with Crippen molar-refractivity contribution in [2.75, 3.05) is 24.5 Å². The number of benzene rings is 3. The van der Waals surface area contributed by atoms with Gasteiger partial charge in [0, 0.05) is 6.54 Å². The van der Waals surface area contributed by atoms with Gasteiger partial charge in [0.15, 0.2) is 0 Å². The lowest BCUT2D eigenvalue weighted by Crippen LogP contribution is -2.50. The van der Waals surface area contributed by atoms with Gasteiger partial charge in [0.25, 0.3) is 11.3 Å². The number of likely N-dealkylation sites (tertiary alicyclic amines) is 1. The van der Waals surface area contributed by atoms with E-state index in [1.165, 1.54) is 5.56 Å². The molecule has 0 saturated carbocycles. The highest BCUT2D eigenvalue weighted by molar-refractivity contribution is 7.80. The Bertz CT molecular complexity index is 1130. The van der Waals surface area contributed by atoms with Gasteiger partial charge in [0.05, 0.1) is 12.8 Å². The van der Waals surface area contributed by atoms with E-state index in [2.05, 4.69) is 17.0 Å². The third-order valence-electron chi connectivity index (χ3n) is 6.55. The van der Waals surface area contributed by atoms with Crippen LogP contribution < -0.4 is 9.04 Å². The topological polar surface area (TPSA) is 90.3 Å². The van der Waals surface area contributed by atoms with Crippen LogP contribution in [0.25, 0.3) is 11.1 Å². The van der Waals surface area contributed by atoms with E-state index < -0.39 is 23.3 Å². The van der Waals surface area contributed by atoms with Gasteiger partial charge >= 0.3 is 5.97 Å². The molecule has 0 amide bonds. The molecular weight excluding hydrogens is 464 g/mol. The Morgan fingerprint density at radius 3 is 2.09 bits per heavy atom. The summed E-state index contributed by atoms with van der Waals surface area (Å²) in [6.45, 7) is 2.30. The predicted molar refractivity (Wildman–Crippen MR) is 138 cm³/mol. The van der Waals surface area contributed by atoms with Crippen molar-refractivity contribution in [1.29, 1.82) is 0 Å². The predicted octanol–water partition coefficient (Wildman–Crippen LogP) is 4.67. The summed E-state index contributed by atoms with van der Waals surface area (Å²) < 4.78 is 28.8. The van der Waals surface area contributed by atoms with Crippen molar-refractivity contribution in [3.8, 4) is 16.9 Å². The number of carboxylic acids is 1. The molecule has 35 heavy (non-hydrogen) atoms. The molecule has 1 aliphatic heterocycles. The Balaban J connectivity index is 1.49. The van der Waals surface area contributed by atoms with Gasteiger partial charge in [-0.1, -0.05) is 54.6 Å². The first-order valence-corrected chi connectivity index (χ1v) is 12.7. The summed E-state index contributed by atoms with van der Waals surface area (Å²) in [6, 6.07) is 23.7. The van der Waals surface area contributed by atoms with Crippen LogP contribution in [0, 0.1) is 5.92 Å². The van der Waals surface area contributed by atoms with E-state index in [4.69, 9.17) is 4.74 Å². The number of rotatable bonds is 9. The summed E-state index contributed by atoms with van der Waals surface area (Å²) in [5.74, 6) is -0.573. The number of ether oxygens (including phenoxy) is 1. The number of piperidine rings is 1. The molecule has 1 heterocycles. The van der Waals surface area contributed by atoms with Crippen molar-refractivity contribution < 1.29 is 23.4 Å². The molecule has 2 unspecified atom stereocenters. The zero-order valence-electron chi connectivity index (χ0n) is 19.6. The van der Waals surface area contributed by atoms with E-state index in [1.54, 1.807) is 19.2 Å². The van der Waals surface area contributed by atoms with Crippen LogP contribution in [0.15, 0.2) is 78.9 Å². The molecule has 3 aromatic rings. The third kappa shape index (κ3) is 6.08. The molecule has 2 atom stereocenters. The van der Waals surface area contributed by atoms with Crippen LogP contribution in [-0.4, -0.2) is 51.0 Å². The highest BCUT2D eigenvalue weighted by atomic mass is 32.2. The Morgan fingerprint density at radius 2 is 1.57 bits per heavy atom. The summed E-state index contributed by atoms with van der Waals surface area (Å²) in [6.07, 6.45) is 1.28. The zero-order valence-corrected chi connectivity index (χ0v) is 20.4. The third-order valence-corrected chi connectivity index (χ3v) is 7.32. The van der Waals surface area contributed by atoms with Crippen LogP contribution >= 0.6 is 0 Å². The number of hydrogen-bond donors (Lipinski definition) is 2. The Hall–Kier alpha value is -3.20. The first-order valence-electron chi connectivity index (χ1n) is 11.6. The van der Waals surface area contributed by atoms with Crippen molar-refractivity contribution in [3.05, 3.63) is 84.4 Å². The van der Waals surface area contributed by atoms with E-state index in [0.29, 0.717) is 18.5 Å². The molecule has 1 saturated heterocycles. The number of aliphatic carboxylic acids is 1. The van der Waals surface area contributed by atoms with Gasteiger partial charge < -0.3 is 9.84 Å². The lowest BCUT2D eigenvalue weighted by atomic mass is 9.88. The maximum absolute atomic E-state index is 12.4. The number of carbonyl (C=O) groups is 1. The Labute approximate surface area is 208 Å². The lowest BCUT2D eigenvalue weighted by molar-refractivity contribution is -0.140. The summed E-state index contributed by atoms with van der Waals surface area (Å²) in [7, 11) is 1.61. The maximum Gasteiger partial charge on any atom is 0.327 e. The molecule has 3 aromatic carbocycles. The first kappa shape index (κ1) is 24.9. The quantitative estimate of drug-likeness (QED) is 0.420. The monoisotopic (exact) mass is 494 g/mol. The van der Waals surface area contributed by atoms with Crippen molar-refractivity contribution in [3.63, 3.8) is 0 Å². The molecule has 0 aromatic heterocycles. The summed E-state index contributed by atoms with van der Waals surface area (Å²) >= 11 is -2.48. The number of anilines is 1. The summed E-state index contributed by atoms with van der Waals surface area (Å²) in [5, 5.41) is 10.1. The molecule has 0 aliphatic carbocycles. The van der Waals surface area contributed by atoms with Gasteiger partial charge in [-0.2, -0.15) is 0 Å². The van der Waals surface area contributed by atoms with Crippen LogP contribution in [0.3, 0.4) is 0 Å². The zero-order chi connectivity index (χ0) is 24.8. The second kappa shape index (κ2) is 11.5. The molecule has 8 heteroatoms. The highest BCUT2D eigenvalue weighted by Crippen LogP contribution is 2.31. The smallest absolute Gasteiger partial charge is 0.327 e. The molecule has 184 valence electrons. The largest absolute Gasteiger partial charge is 0.497 e. The first-order chi connectivity index (χ1) is 17.0. The van der Waals surface area contributed by atoms with E-state index >= 15 is 0 Å². The normalized spacial score (nSPS) is 16.4. The molecule has 1 fully saturated rings. The minimum absolute atomic E-state index is 0.239. The van der Waals surface area contributed by atoms with Crippen LogP contribution in [0.5, 0.6) is 5.75 Å². The number of carboxylic acid groups (broad SMARTS) is 1. The van der Waals surface area contributed by atoms with Crippen molar-refractivity contribution in [2.24, 2.45) is 5.92 Å². The molecule has 2 N–H and O–H groups in total. The highest BCUT2D eigenvalue weighted by Gasteiger charge is 2.38. The summed E-state index contributed by atoms with van der Waals surface area (Å²) in [5.41, 5.74) is 3.51. The summed E-state index contributed by atoms with van der Waals surface area (Å²) in [4.78, 5) is 14.6. The molecule has 0 radical (unpaired) electrons. The van der Waals surface area contributed by atoms with E-state index in [0.717, 1.165) is 40.8 Å². The van der Waals surface area contributed by atoms with Crippen LogP contribution in [0.1, 0.15) is 18.4 Å². The Morgan fingerprint density at radius 1 is 1.00 bits per heavy atom. The number of hydrogen-bond acceptors (Lipinski definition) is 4. The molecular formula is C27H30N2O5S. The fourth-order valence-corrected chi connectivity index (χ4v) is 5.45. The molecule has 0 spiro atoms. The second-order valence-electron chi connectivity index (χ2n) is 8.71. The Kier molecular flexibility index (Phi) is 8.17. The van der Waals surface area contributed by atoms with Crippen molar-refractivity contribution in [2.45, 2.75) is 25.4 Å². The fraction of sp³-hybridized carbons (Fsp3) is 0.296. The molecule has 0 bridgehead atoms. The van der Waals surface area contributed by atoms with Gasteiger partial charge in [-0.25, -0.2) is 9.00 Å². The maximum atomic E-state index is 12.4. The minimum atomic E-state index is -2.48. The molecule has 4 rings (SSSR count).